The van der Waals surface area contributed by atoms with E-state index >= 15 is 0 Å². The van der Waals surface area contributed by atoms with Crippen molar-refractivity contribution in [2.75, 3.05) is 11.9 Å². The van der Waals surface area contributed by atoms with Crippen LogP contribution >= 0.6 is 11.8 Å². The first-order valence-corrected chi connectivity index (χ1v) is 7.85. The van der Waals surface area contributed by atoms with Crippen LogP contribution in [0.5, 0.6) is 0 Å². The van der Waals surface area contributed by atoms with Gasteiger partial charge < -0.3 is 10.1 Å². The van der Waals surface area contributed by atoms with Gasteiger partial charge in [-0.05, 0) is 43.0 Å². The molecule has 2 nitrogen and oxygen atoms in total. The normalized spacial score (nSPS) is 23.3. The van der Waals surface area contributed by atoms with Gasteiger partial charge in [-0.1, -0.05) is 25.6 Å². The number of rotatable bonds is 5. The maximum Gasteiger partial charge on any atom is 0.288 e. The molecule has 0 saturated carbocycles. The van der Waals surface area contributed by atoms with E-state index in [4.69, 9.17) is 4.74 Å². The second-order valence-electron chi connectivity index (χ2n) is 5.42. The lowest BCUT2D eigenvalue weighted by Crippen LogP contribution is -2.36. The van der Waals surface area contributed by atoms with Crippen LogP contribution in [0.15, 0.2) is 29.2 Å². The molecule has 5 heteroatoms. The summed E-state index contributed by atoms with van der Waals surface area (Å²) in [6, 6.07) is 7.59. The molecule has 1 N–H and O–H groups in total. The second kappa shape index (κ2) is 7.27. The van der Waals surface area contributed by atoms with Gasteiger partial charge in [0.1, 0.15) is 0 Å². The Kier molecular flexibility index (Phi) is 5.66. The predicted molar refractivity (Wildman–Crippen MR) is 79.5 cm³/mol. The highest BCUT2D eigenvalue weighted by Crippen LogP contribution is 2.27. The van der Waals surface area contributed by atoms with Gasteiger partial charge in [0.15, 0.2) is 0 Å². The van der Waals surface area contributed by atoms with Crippen molar-refractivity contribution >= 4 is 17.4 Å². The number of nitrogens with one attached hydrogen (secondary N) is 1. The minimum Gasteiger partial charge on any atom is -0.382 e. The third-order valence-corrected chi connectivity index (χ3v) is 4.23. The topological polar surface area (TPSA) is 21.3 Å². The fourth-order valence-electron chi connectivity index (χ4n) is 2.39. The second-order valence-corrected chi connectivity index (χ2v) is 6.49. The third kappa shape index (κ3) is 4.63. The van der Waals surface area contributed by atoms with Crippen LogP contribution in [0.1, 0.15) is 26.7 Å². The van der Waals surface area contributed by atoms with Gasteiger partial charge in [0.05, 0.1) is 6.10 Å². The number of hydrogen-bond acceptors (Lipinski definition) is 3. The van der Waals surface area contributed by atoms with E-state index in [2.05, 4.69) is 19.2 Å². The zero-order valence-corrected chi connectivity index (χ0v) is 12.6. The quantitative estimate of drug-likeness (QED) is 0.802. The van der Waals surface area contributed by atoms with Crippen molar-refractivity contribution in [1.82, 2.24) is 0 Å². The highest BCUT2D eigenvalue weighted by Gasteiger charge is 2.24. The van der Waals surface area contributed by atoms with E-state index in [0.717, 1.165) is 25.1 Å². The van der Waals surface area contributed by atoms with Crippen LogP contribution in [0.25, 0.3) is 0 Å². The Hall–Kier alpha value is -0.810. The SMILES string of the molecule is CC(C)C1CC(Nc2ccc(SC(F)F)cc2)CCO1. The van der Waals surface area contributed by atoms with Crippen molar-refractivity contribution in [3.05, 3.63) is 24.3 Å². The maximum absolute atomic E-state index is 12.2. The molecule has 2 atom stereocenters. The summed E-state index contributed by atoms with van der Waals surface area (Å²) in [5.41, 5.74) is 0.984. The Morgan fingerprint density at radius 1 is 1.25 bits per heavy atom. The smallest absolute Gasteiger partial charge is 0.288 e. The predicted octanol–water partition coefficient (Wildman–Crippen LogP) is 4.62. The molecule has 0 spiro atoms. The molecule has 1 aromatic carbocycles. The Bertz CT molecular complexity index is 411. The van der Waals surface area contributed by atoms with Crippen LogP contribution in [0, 0.1) is 5.92 Å². The summed E-state index contributed by atoms with van der Waals surface area (Å²) in [6.45, 7) is 5.12. The van der Waals surface area contributed by atoms with Crippen molar-refractivity contribution in [3.63, 3.8) is 0 Å². The van der Waals surface area contributed by atoms with E-state index in [1.807, 2.05) is 12.1 Å². The van der Waals surface area contributed by atoms with Crippen molar-refractivity contribution < 1.29 is 13.5 Å². The molecule has 0 aromatic heterocycles. The lowest BCUT2D eigenvalue weighted by atomic mass is 9.95. The van der Waals surface area contributed by atoms with Crippen LogP contribution in [0.4, 0.5) is 14.5 Å². The molecule has 1 fully saturated rings. The van der Waals surface area contributed by atoms with Gasteiger partial charge in [-0.25, -0.2) is 0 Å². The van der Waals surface area contributed by atoms with Crippen LogP contribution in [0.3, 0.4) is 0 Å². The number of ether oxygens (including phenoxy) is 1. The van der Waals surface area contributed by atoms with Crippen LogP contribution in [-0.4, -0.2) is 24.5 Å². The minimum absolute atomic E-state index is 0.301. The summed E-state index contributed by atoms with van der Waals surface area (Å²) in [7, 11) is 0. The van der Waals surface area contributed by atoms with E-state index in [9.17, 15) is 8.78 Å². The minimum atomic E-state index is -2.36. The molecule has 0 amide bonds. The molecule has 1 heterocycles. The molecular weight excluding hydrogens is 280 g/mol. The monoisotopic (exact) mass is 301 g/mol. The molecule has 0 bridgehead atoms. The van der Waals surface area contributed by atoms with Gasteiger partial charge in [-0.15, -0.1) is 0 Å². The lowest BCUT2D eigenvalue weighted by Gasteiger charge is -2.33. The van der Waals surface area contributed by atoms with Gasteiger partial charge in [0.25, 0.3) is 5.76 Å². The Labute approximate surface area is 123 Å². The molecule has 1 aromatic rings. The number of halogens is 2. The van der Waals surface area contributed by atoms with Crippen LogP contribution in [-0.2, 0) is 4.74 Å². The Balaban J connectivity index is 1.89. The van der Waals surface area contributed by atoms with Gasteiger partial charge >= 0.3 is 0 Å². The lowest BCUT2D eigenvalue weighted by molar-refractivity contribution is -0.0160. The molecule has 1 aliphatic rings. The van der Waals surface area contributed by atoms with E-state index in [-0.39, 0.29) is 0 Å². The Morgan fingerprint density at radius 2 is 1.95 bits per heavy atom. The summed E-state index contributed by atoms with van der Waals surface area (Å²) in [6.07, 6.45) is 2.28. The number of hydrogen-bond donors (Lipinski definition) is 1. The van der Waals surface area contributed by atoms with E-state index in [1.165, 1.54) is 0 Å². The molecule has 20 heavy (non-hydrogen) atoms. The first-order chi connectivity index (χ1) is 9.54. The van der Waals surface area contributed by atoms with Gasteiger partial charge in [-0.3, -0.25) is 0 Å². The zero-order valence-electron chi connectivity index (χ0n) is 11.8. The third-order valence-electron chi connectivity index (χ3n) is 3.51. The Morgan fingerprint density at radius 3 is 2.55 bits per heavy atom. The van der Waals surface area contributed by atoms with E-state index < -0.39 is 5.76 Å². The fraction of sp³-hybridized carbons (Fsp3) is 0.600. The number of benzene rings is 1. The molecule has 112 valence electrons. The first kappa shape index (κ1) is 15.6. The molecule has 0 radical (unpaired) electrons. The summed E-state index contributed by atoms with van der Waals surface area (Å²) in [5, 5.41) is 3.47. The maximum atomic E-state index is 12.2. The van der Waals surface area contributed by atoms with Crippen LogP contribution < -0.4 is 5.32 Å². The molecule has 1 saturated heterocycles. The highest BCUT2D eigenvalue weighted by atomic mass is 32.2. The fourth-order valence-corrected chi connectivity index (χ4v) is 2.89. The largest absolute Gasteiger partial charge is 0.382 e. The van der Waals surface area contributed by atoms with Gasteiger partial charge in [-0.2, -0.15) is 8.78 Å². The molecule has 2 unspecified atom stereocenters. The molecular formula is C15H21F2NOS. The molecule has 2 rings (SSSR count). The van der Waals surface area contributed by atoms with E-state index in [0.29, 0.717) is 34.7 Å². The van der Waals surface area contributed by atoms with Crippen LogP contribution in [0.2, 0.25) is 0 Å². The summed E-state index contributed by atoms with van der Waals surface area (Å²) >= 11 is 0.576. The molecule has 1 aliphatic heterocycles. The van der Waals surface area contributed by atoms with Crippen molar-refractivity contribution in [3.8, 4) is 0 Å². The summed E-state index contributed by atoms with van der Waals surface area (Å²) in [5.74, 6) is -1.85. The van der Waals surface area contributed by atoms with Gasteiger partial charge in [0.2, 0.25) is 0 Å². The molecule has 0 aliphatic carbocycles. The highest BCUT2D eigenvalue weighted by molar-refractivity contribution is 7.99. The average Bonchev–Trinajstić information content (AvgIpc) is 2.41. The van der Waals surface area contributed by atoms with E-state index in [1.54, 1.807) is 12.1 Å². The van der Waals surface area contributed by atoms with Gasteiger partial charge in [0, 0.05) is 23.2 Å². The summed E-state index contributed by atoms with van der Waals surface area (Å²) in [4.78, 5) is 0.595. The first-order valence-electron chi connectivity index (χ1n) is 6.97. The average molecular weight is 301 g/mol. The van der Waals surface area contributed by atoms with Crippen molar-refractivity contribution in [1.29, 1.82) is 0 Å². The van der Waals surface area contributed by atoms with Crippen molar-refractivity contribution in [2.24, 2.45) is 5.92 Å². The standard InChI is InChI=1S/C15H21F2NOS/c1-10(2)14-9-12(7-8-19-14)18-11-3-5-13(6-4-11)20-15(16)17/h3-6,10,12,14-15,18H,7-9H2,1-2H3. The number of thioether (sulfide) groups is 1. The van der Waals surface area contributed by atoms with Crippen molar-refractivity contribution in [2.45, 2.75) is 49.5 Å². The zero-order chi connectivity index (χ0) is 14.5. The number of anilines is 1. The number of alkyl halides is 2. The summed E-state index contributed by atoms with van der Waals surface area (Å²) < 4.78 is 30.2.